The van der Waals surface area contributed by atoms with E-state index < -0.39 is 0 Å². The summed E-state index contributed by atoms with van der Waals surface area (Å²) >= 11 is 4.03. The minimum absolute atomic E-state index is 0.592. The zero-order valence-electron chi connectivity index (χ0n) is 11.4. The Morgan fingerprint density at radius 2 is 2.16 bits per heavy atom. The first-order valence-corrected chi connectivity index (χ1v) is 8.41. The molecule has 19 heavy (non-hydrogen) atoms. The van der Waals surface area contributed by atoms with Crippen LogP contribution in [0.25, 0.3) is 10.7 Å². The number of hydrogen-bond acceptors (Lipinski definition) is 4. The van der Waals surface area contributed by atoms with E-state index in [1.165, 1.54) is 0 Å². The van der Waals surface area contributed by atoms with Gasteiger partial charge < -0.3 is 5.32 Å². The third-order valence-electron chi connectivity index (χ3n) is 2.61. The molecule has 0 saturated heterocycles. The molecule has 0 aliphatic rings. The summed E-state index contributed by atoms with van der Waals surface area (Å²) in [5, 5.41) is 5.40. The number of nitrogens with zero attached hydrogens (tertiary/aromatic N) is 2. The Bertz CT molecular complexity index is 538. The fourth-order valence-corrected chi connectivity index (χ4v) is 3.13. The van der Waals surface area contributed by atoms with E-state index >= 15 is 0 Å². The van der Waals surface area contributed by atoms with Crippen LogP contribution in [0.5, 0.6) is 0 Å². The lowest BCUT2D eigenvalue weighted by Gasteiger charge is -2.13. The molecule has 5 heteroatoms. The summed E-state index contributed by atoms with van der Waals surface area (Å²) in [6.07, 6.45) is 0.984. The zero-order valence-corrected chi connectivity index (χ0v) is 14.4. The number of thiophene rings is 1. The van der Waals surface area contributed by atoms with Crippen LogP contribution < -0.4 is 5.32 Å². The van der Waals surface area contributed by atoms with E-state index in [1.54, 1.807) is 11.3 Å². The van der Waals surface area contributed by atoms with Gasteiger partial charge in [-0.3, -0.25) is 0 Å². The van der Waals surface area contributed by atoms with Crippen molar-refractivity contribution < 1.29 is 0 Å². The second-order valence-corrected chi connectivity index (χ2v) is 6.79. The highest BCUT2D eigenvalue weighted by atomic mass is 127. The third kappa shape index (κ3) is 3.66. The molecule has 0 fully saturated rings. The van der Waals surface area contributed by atoms with Crippen molar-refractivity contribution in [3.8, 4) is 10.7 Å². The lowest BCUT2D eigenvalue weighted by Crippen LogP contribution is -2.09. The molecule has 0 spiro atoms. The van der Waals surface area contributed by atoms with Gasteiger partial charge in [-0.1, -0.05) is 19.9 Å². The number of hydrogen-bond donors (Lipinski definition) is 1. The van der Waals surface area contributed by atoms with Crippen molar-refractivity contribution in [1.82, 2.24) is 9.97 Å². The highest BCUT2D eigenvalue weighted by Gasteiger charge is 2.14. The summed E-state index contributed by atoms with van der Waals surface area (Å²) in [6, 6.07) is 4.11. The maximum absolute atomic E-state index is 4.75. The molecule has 2 aromatic heterocycles. The number of anilines is 1. The van der Waals surface area contributed by atoms with Crippen LogP contribution in [0.3, 0.4) is 0 Å². The molecule has 0 unspecified atom stereocenters. The Kier molecular flexibility index (Phi) is 5.15. The summed E-state index contributed by atoms with van der Waals surface area (Å²) < 4.78 is 1.15. The van der Waals surface area contributed by atoms with Gasteiger partial charge in [0.15, 0.2) is 5.82 Å². The van der Waals surface area contributed by atoms with E-state index in [0.717, 1.165) is 38.7 Å². The summed E-state index contributed by atoms with van der Waals surface area (Å²) in [4.78, 5) is 10.5. The van der Waals surface area contributed by atoms with Crippen LogP contribution in [0.4, 0.5) is 5.82 Å². The maximum atomic E-state index is 4.75. The molecule has 0 bridgehead atoms. The van der Waals surface area contributed by atoms with E-state index in [-0.39, 0.29) is 0 Å². The van der Waals surface area contributed by atoms with Gasteiger partial charge in [0.25, 0.3) is 0 Å². The Balaban J connectivity index is 2.47. The van der Waals surface area contributed by atoms with Crippen LogP contribution in [-0.4, -0.2) is 16.5 Å². The van der Waals surface area contributed by atoms with Crippen LogP contribution >= 0.6 is 33.9 Å². The van der Waals surface area contributed by atoms with E-state index in [2.05, 4.69) is 65.1 Å². The number of rotatable bonds is 5. The molecule has 0 atom stereocenters. The molecule has 0 aliphatic heterocycles. The predicted octanol–water partition coefficient (Wildman–Crippen LogP) is 4.44. The topological polar surface area (TPSA) is 37.8 Å². The van der Waals surface area contributed by atoms with Gasteiger partial charge in [-0.15, -0.1) is 11.3 Å². The first kappa shape index (κ1) is 14.7. The van der Waals surface area contributed by atoms with Gasteiger partial charge in [0.2, 0.25) is 0 Å². The molecule has 102 valence electrons. The molecular weight excluding hydrogens is 369 g/mol. The van der Waals surface area contributed by atoms with Gasteiger partial charge in [0, 0.05) is 6.54 Å². The highest BCUT2D eigenvalue weighted by Crippen LogP contribution is 2.27. The smallest absolute Gasteiger partial charge is 0.171 e. The Morgan fingerprint density at radius 1 is 1.37 bits per heavy atom. The van der Waals surface area contributed by atoms with E-state index in [1.807, 2.05) is 6.07 Å². The number of aromatic nitrogens is 2. The lowest BCUT2D eigenvalue weighted by atomic mass is 10.1. The largest absolute Gasteiger partial charge is 0.369 e. The monoisotopic (exact) mass is 387 g/mol. The van der Waals surface area contributed by atoms with Crippen LogP contribution in [0.1, 0.15) is 26.5 Å². The Labute approximate surface area is 132 Å². The molecule has 2 heterocycles. The lowest BCUT2D eigenvalue weighted by molar-refractivity contribution is 0.632. The average Bonchev–Trinajstić information content (AvgIpc) is 2.87. The van der Waals surface area contributed by atoms with Gasteiger partial charge in [0.05, 0.1) is 14.1 Å². The van der Waals surface area contributed by atoms with Crippen LogP contribution in [0.2, 0.25) is 0 Å². The molecule has 1 N–H and O–H groups in total. The zero-order chi connectivity index (χ0) is 13.8. The van der Waals surface area contributed by atoms with E-state index in [4.69, 9.17) is 4.98 Å². The molecule has 2 aromatic rings. The standard InChI is InChI=1S/C14H18IN3S/c1-4-16-14-12(15)10(8-9(2)3)17-13(18-14)11-6-5-7-19-11/h5-7,9H,4,8H2,1-3H3,(H,16,17,18). The van der Waals surface area contributed by atoms with Gasteiger partial charge in [-0.25, -0.2) is 9.97 Å². The van der Waals surface area contributed by atoms with Crippen LogP contribution in [0.15, 0.2) is 17.5 Å². The van der Waals surface area contributed by atoms with Crippen molar-refractivity contribution in [2.75, 3.05) is 11.9 Å². The normalized spacial score (nSPS) is 11.0. The van der Waals surface area contributed by atoms with Crippen LogP contribution in [-0.2, 0) is 6.42 Å². The first-order chi connectivity index (χ1) is 9.11. The van der Waals surface area contributed by atoms with E-state index in [0.29, 0.717) is 5.92 Å². The van der Waals surface area contributed by atoms with Gasteiger partial charge in [0.1, 0.15) is 5.82 Å². The SMILES string of the molecule is CCNc1nc(-c2cccs2)nc(CC(C)C)c1I. The van der Waals surface area contributed by atoms with Gasteiger partial charge in [-0.05, 0) is 53.3 Å². The first-order valence-electron chi connectivity index (χ1n) is 6.46. The number of halogens is 1. The summed E-state index contributed by atoms with van der Waals surface area (Å²) in [5.74, 6) is 2.38. The molecule has 0 radical (unpaired) electrons. The third-order valence-corrected chi connectivity index (χ3v) is 4.61. The Hall–Kier alpha value is -0.690. The minimum atomic E-state index is 0.592. The summed E-state index contributed by atoms with van der Waals surface area (Å²) in [6.45, 7) is 7.40. The summed E-state index contributed by atoms with van der Waals surface area (Å²) in [7, 11) is 0. The average molecular weight is 387 g/mol. The molecule has 0 aromatic carbocycles. The number of nitrogens with one attached hydrogen (secondary N) is 1. The quantitative estimate of drug-likeness (QED) is 0.771. The Morgan fingerprint density at radius 3 is 2.74 bits per heavy atom. The van der Waals surface area contributed by atoms with Crippen molar-refractivity contribution in [2.45, 2.75) is 27.2 Å². The van der Waals surface area contributed by atoms with Gasteiger partial charge >= 0.3 is 0 Å². The van der Waals surface area contributed by atoms with Crippen molar-refractivity contribution in [2.24, 2.45) is 5.92 Å². The van der Waals surface area contributed by atoms with Gasteiger partial charge in [-0.2, -0.15) is 0 Å². The van der Waals surface area contributed by atoms with Crippen LogP contribution in [0, 0.1) is 9.49 Å². The molecular formula is C14H18IN3S. The minimum Gasteiger partial charge on any atom is -0.369 e. The van der Waals surface area contributed by atoms with E-state index in [9.17, 15) is 0 Å². The summed E-state index contributed by atoms with van der Waals surface area (Å²) in [5.41, 5.74) is 1.14. The molecule has 0 aliphatic carbocycles. The molecule has 0 amide bonds. The maximum Gasteiger partial charge on any atom is 0.171 e. The highest BCUT2D eigenvalue weighted by molar-refractivity contribution is 14.1. The van der Waals surface area contributed by atoms with Crippen molar-refractivity contribution in [1.29, 1.82) is 0 Å². The van der Waals surface area contributed by atoms with Crippen molar-refractivity contribution in [3.05, 3.63) is 26.8 Å². The second-order valence-electron chi connectivity index (χ2n) is 4.76. The molecule has 0 saturated carbocycles. The molecule has 3 nitrogen and oxygen atoms in total. The second kappa shape index (κ2) is 6.65. The fourth-order valence-electron chi connectivity index (χ4n) is 1.82. The predicted molar refractivity (Wildman–Crippen MR) is 90.8 cm³/mol. The van der Waals surface area contributed by atoms with Crippen molar-refractivity contribution >= 4 is 39.7 Å². The van der Waals surface area contributed by atoms with Crippen molar-refractivity contribution in [3.63, 3.8) is 0 Å². The fraction of sp³-hybridized carbons (Fsp3) is 0.429. The molecule has 2 rings (SSSR count).